The third-order valence-corrected chi connectivity index (χ3v) is 7.26. The molecule has 1 atom stereocenters. The van der Waals surface area contributed by atoms with Crippen LogP contribution in [0.25, 0.3) is 0 Å². The Hall–Kier alpha value is -1.74. The molecule has 1 aliphatic carbocycles. The van der Waals surface area contributed by atoms with E-state index in [4.69, 9.17) is 9.47 Å². The third kappa shape index (κ3) is 4.76. The van der Waals surface area contributed by atoms with Gasteiger partial charge in [-0.05, 0) is 43.7 Å². The van der Waals surface area contributed by atoms with E-state index in [1.165, 1.54) is 18.9 Å². The Balaban J connectivity index is 1.65. The maximum absolute atomic E-state index is 12.6. The summed E-state index contributed by atoms with van der Waals surface area (Å²) in [4.78, 5) is 27.6. The molecule has 0 N–H and O–H groups in total. The lowest BCUT2D eigenvalue weighted by Gasteiger charge is -2.28. The smallest absolute Gasteiger partial charge is 0.342 e. The summed E-state index contributed by atoms with van der Waals surface area (Å²) in [7, 11) is -1.62. The van der Waals surface area contributed by atoms with E-state index in [-0.39, 0.29) is 35.1 Å². The van der Waals surface area contributed by atoms with Gasteiger partial charge in [0.15, 0.2) is 16.4 Å². The van der Waals surface area contributed by atoms with Gasteiger partial charge < -0.3 is 14.4 Å². The molecule has 148 valence electrons. The molecular weight excluding hydrogens is 390 g/mol. The van der Waals surface area contributed by atoms with Gasteiger partial charge in [0.1, 0.15) is 11.3 Å². The van der Waals surface area contributed by atoms with E-state index in [1.807, 2.05) is 6.26 Å². The summed E-state index contributed by atoms with van der Waals surface area (Å²) < 4.78 is 33.9. The predicted molar refractivity (Wildman–Crippen MR) is 102 cm³/mol. The highest BCUT2D eigenvalue weighted by Crippen LogP contribution is 2.32. The van der Waals surface area contributed by atoms with Crippen LogP contribution in [0.5, 0.6) is 5.75 Å². The lowest BCUT2D eigenvalue weighted by molar-refractivity contribution is -0.137. The number of carbonyl (C=O) groups excluding carboxylic acids is 2. The van der Waals surface area contributed by atoms with Crippen LogP contribution < -0.4 is 4.74 Å². The number of carbonyl (C=O) groups is 2. The van der Waals surface area contributed by atoms with Crippen molar-refractivity contribution in [3.63, 3.8) is 0 Å². The number of nitrogens with zero attached hydrogens (tertiary/aromatic N) is 1. The van der Waals surface area contributed by atoms with Crippen molar-refractivity contribution in [3.8, 4) is 5.75 Å². The van der Waals surface area contributed by atoms with Crippen molar-refractivity contribution < 1.29 is 27.5 Å². The van der Waals surface area contributed by atoms with Crippen LogP contribution in [0.15, 0.2) is 23.1 Å². The van der Waals surface area contributed by atoms with Gasteiger partial charge in [-0.1, -0.05) is 0 Å². The first-order chi connectivity index (χ1) is 12.8. The van der Waals surface area contributed by atoms with Gasteiger partial charge in [-0.25, -0.2) is 13.2 Å². The topological polar surface area (TPSA) is 90.0 Å². The number of hydrogen-bond donors (Lipinski definition) is 0. The molecule has 1 amide bonds. The van der Waals surface area contributed by atoms with Crippen molar-refractivity contribution >= 4 is 33.5 Å². The normalized spacial score (nSPS) is 20.9. The molecule has 1 heterocycles. The second-order valence-corrected chi connectivity index (χ2v) is 9.84. The lowest BCUT2D eigenvalue weighted by Crippen LogP contribution is -2.44. The van der Waals surface area contributed by atoms with Gasteiger partial charge >= 0.3 is 5.97 Å². The van der Waals surface area contributed by atoms with Crippen LogP contribution in [-0.2, 0) is 19.4 Å². The highest BCUT2D eigenvalue weighted by molar-refractivity contribution is 7.98. The molecule has 0 bridgehead atoms. The fourth-order valence-corrected chi connectivity index (χ4v) is 5.44. The SMILES string of the molecule is COc1cc(SC)ccc1C(=O)OCC(=O)N(C1CC1)[C@H]1CCS(=O)(=O)C1. The summed E-state index contributed by atoms with van der Waals surface area (Å²) >= 11 is 1.52. The van der Waals surface area contributed by atoms with Gasteiger partial charge in [0.25, 0.3) is 5.91 Å². The Bertz CT molecular complexity index is 834. The maximum Gasteiger partial charge on any atom is 0.342 e. The van der Waals surface area contributed by atoms with Gasteiger partial charge in [-0.15, -0.1) is 11.8 Å². The first kappa shape index (κ1) is 20.0. The van der Waals surface area contributed by atoms with Crippen molar-refractivity contribution in [1.82, 2.24) is 4.90 Å². The summed E-state index contributed by atoms with van der Waals surface area (Å²) in [5, 5.41) is 0. The second kappa shape index (κ2) is 8.10. The third-order valence-electron chi connectivity index (χ3n) is 4.79. The molecule has 1 saturated heterocycles. The molecule has 7 nitrogen and oxygen atoms in total. The van der Waals surface area contributed by atoms with E-state index in [9.17, 15) is 18.0 Å². The van der Waals surface area contributed by atoms with Gasteiger partial charge in [0, 0.05) is 17.0 Å². The molecule has 2 aliphatic rings. The lowest BCUT2D eigenvalue weighted by atomic mass is 10.2. The highest BCUT2D eigenvalue weighted by Gasteiger charge is 2.42. The van der Waals surface area contributed by atoms with Crippen molar-refractivity contribution in [3.05, 3.63) is 23.8 Å². The summed E-state index contributed by atoms with van der Waals surface area (Å²) in [6, 6.07) is 4.88. The Labute approximate surface area is 163 Å². The van der Waals surface area contributed by atoms with E-state index in [2.05, 4.69) is 0 Å². The Morgan fingerprint density at radius 2 is 1.96 bits per heavy atom. The van der Waals surface area contributed by atoms with Gasteiger partial charge in [0.05, 0.1) is 18.6 Å². The minimum atomic E-state index is -3.09. The number of thioether (sulfide) groups is 1. The molecule has 1 aromatic carbocycles. The molecule has 3 rings (SSSR count). The van der Waals surface area contributed by atoms with Crippen LogP contribution in [0.3, 0.4) is 0 Å². The molecule has 1 saturated carbocycles. The zero-order valence-electron chi connectivity index (χ0n) is 15.3. The van der Waals surface area contributed by atoms with Gasteiger partial charge in [-0.2, -0.15) is 0 Å². The van der Waals surface area contributed by atoms with Crippen molar-refractivity contribution in [2.75, 3.05) is 31.5 Å². The number of amides is 1. The number of rotatable bonds is 7. The Morgan fingerprint density at radius 3 is 2.52 bits per heavy atom. The number of sulfone groups is 1. The number of hydrogen-bond acceptors (Lipinski definition) is 7. The molecule has 27 heavy (non-hydrogen) atoms. The zero-order chi connectivity index (χ0) is 19.6. The summed E-state index contributed by atoms with van der Waals surface area (Å²) in [6.07, 6.45) is 4.09. The predicted octanol–water partition coefficient (Wildman–Crippen LogP) is 1.75. The standard InChI is InChI=1S/C18H23NO6S2/c1-24-16-9-14(26-2)5-6-15(16)18(21)25-10-17(20)19(12-3-4-12)13-7-8-27(22,23)11-13/h5-6,9,12-13H,3-4,7-8,10-11H2,1-2H3/t13-/m0/s1. The van der Waals surface area contributed by atoms with Crippen LogP contribution in [0.2, 0.25) is 0 Å². The molecule has 0 aromatic heterocycles. The molecule has 1 aliphatic heterocycles. The van der Waals surface area contributed by atoms with Gasteiger partial charge in [0.2, 0.25) is 0 Å². The molecule has 0 radical (unpaired) electrons. The number of esters is 1. The van der Waals surface area contributed by atoms with Crippen LogP contribution in [0, 0.1) is 0 Å². The zero-order valence-corrected chi connectivity index (χ0v) is 17.0. The quantitative estimate of drug-likeness (QED) is 0.497. The molecule has 0 unspecified atom stereocenters. The summed E-state index contributed by atoms with van der Waals surface area (Å²) in [6.45, 7) is -0.403. The average Bonchev–Trinajstić information content (AvgIpc) is 3.42. The Morgan fingerprint density at radius 1 is 1.22 bits per heavy atom. The van der Waals surface area contributed by atoms with Crippen LogP contribution >= 0.6 is 11.8 Å². The van der Waals surface area contributed by atoms with Gasteiger partial charge in [-0.3, -0.25) is 4.79 Å². The summed E-state index contributed by atoms with van der Waals surface area (Å²) in [5.41, 5.74) is 0.254. The van der Waals surface area contributed by atoms with E-state index < -0.39 is 22.4 Å². The fourth-order valence-electron chi connectivity index (χ4n) is 3.30. The molecule has 2 fully saturated rings. The second-order valence-electron chi connectivity index (χ2n) is 6.73. The highest BCUT2D eigenvalue weighted by atomic mass is 32.2. The van der Waals surface area contributed by atoms with E-state index in [1.54, 1.807) is 23.1 Å². The monoisotopic (exact) mass is 413 g/mol. The fraction of sp³-hybridized carbons (Fsp3) is 0.556. The average molecular weight is 414 g/mol. The van der Waals surface area contributed by atoms with E-state index >= 15 is 0 Å². The largest absolute Gasteiger partial charge is 0.496 e. The van der Waals surface area contributed by atoms with Crippen molar-refractivity contribution in [2.24, 2.45) is 0 Å². The van der Waals surface area contributed by atoms with Crippen LogP contribution in [0.4, 0.5) is 0 Å². The first-order valence-corrected chi connectivity index (χ1v) is 11.8. The van der Waals surface area contributed by atoms with Crippen molar-refractivity contribution in [1.29, 1.82) is 0 Å². The Kier molecular flexibility index (Phi) is 6.00. The first-order valence-electron chi connectivity index (χ1n) is 8.75. The number of benzene rings is 1. The van der Waals surface area contributed by atoms with E-state index in [0.29, 0.717) is 12.2 Å². The minimum absolute atomic E-state index is 0.00679. The minimum Gasteiger partial charge on any atom is -0.496 e. The summed E-state index contributed by atoms with van der Waals surface area (Å²) in [5.74, 6) is -0.490. The molecular formula is C18H23NO6S2. The molecule has 9 heteroatoms. The molecule has 1 aromatic rings. The van der Waals surface area contributed by atoms with Crippen molar-refractivity contribution in [2.45, 2.75) is 36.2 Å². The van der Waals surface area contributed by atoms with E-state index in [0.717, 1.165) is 17.7 Å². The number of ether oxygens (including phenoxy) is 2. The molecule has 0 spiro atoms. The van der Waals surface area contributed by atoms with Crippen LogP contribution in [0.1, 0.15) is 29.6 Å². The van der Waals surface area contributed by atoms with Crippen LogP contribution in [-0.4, -0.2) is 68.8 Å². The number of methoxy groups -OCH3 is 1. The maximum atomic E-state index is 12.6.